The predicted molar refractivity (Wildman–Crippen MR) is 52.7 cm³/mol. The van der Waals surface area contributed by atoms with Crippen LogP contribution in [0.2, 0.25) is 0 Å². The molecule has 0 saturated carbocycles. The third-order valence-electron chi connectivity index (χ3n) is 1.99. The smallest absolute Gasteiger partial charge is 0.310 e. The highest BCUT2D eigenvalue weighted by atomic mass is 35.5. The molecule has 0 fully saturated rings. The summed E-state index contributed by atoms with van der Waals surface area (Å²) in [6.45, 7) is 1.89. The van der Waals surface area contributed by atoms with Crippen LogP contribution in [0.4, 0.5) is 0 Å². The lowest BCUT2D eigenvalue weighted by Crippen LogP contribution is -2.13. The summed E-state index contributed by atoms with van der Waals surface area (Å²) in [6.07, 6.45) is 2.84. The number of esters is 1. The Bertz CT molecular complexity index is 281. The number of hydrogen-bond acceptors (Lipinski definition) is 3. The molecule has 0 amide bonds. The van der Waals surface area contributed by atoms with Crippen molar-refractivity contribution in [3.8, 4) is 0 Å². The van der Waals surface area contributed by atoms with Gasteiger partial charge in [0, 0.05) is 19.3 Å². The summed E-state index contributed by atoms with van der Waals surface area (Å²) < 4.78 is 5.00. The van der Waals surface area contributed by atoms with Crippen LogP contribution < -0.4 is 0 Å². The molecule has 0 radical (unpaired) electrons. The Morgan fingerprint density at radius 3 is 2.86 bits per heavy atom. The molecule has 1 rings (SSSR count). The highest BCUT2D eigenvalue weighted by molar-refractivity contribution is 6.43. The Morgan fingerprint density at radius 1 is 1.50 bits per heavy atom. The van der Waals surface area contributed by atoms with Gasteiger partial charge in [0.1, 0.15) is 10.8 Å². The van der Waals surface area contributed by atoms with Gasteiger partial charge >= 0.3 is 5.97 Å². The van der Waals surface area contributed by atoms with E-state index in [2.05, 4.69) is 0 Å². The minimum atomic E-state index is -0.310. The largest absolute Gasteiger partial charge is 0.429 e. The first kappa shape index (κ1) is 11.2. The molecule has 0 aromatic rings. The van der Waals surface area contributed by atoms with Gasteiger partial charge in [-0.3, -0.25) is 9.59 Å². The van der Waals surface area contributed by atoms with Gasteiger partial charge in [-0.15, -0.1) is 0 Å². The molecule has 0 aromatic heterocycles. The van der Waals surface area contributed by atoms with Crippen LogP contribution in [0.15, 0.2) is 10.8 Å². The molecule has 3 nitrogen and oxygen atoms in total. The standard InChI is InChI=1S/C10H13ClO3/c1-2-4-9(13)14-8-6-3-5-7(12)10(8)11/h2-6H2,1H3. The van der Waals surface area contributed by atoms with Crippen LogP contribution in [0.1, 0.15) is 39.0 Å². The second-order valence-corrected chi connectivity index (χ2v) is 3.62. The first-order valence-corrected chi connectivity index (χ1v) is 5.15. The quantitative estimate of drug-likeness (QED) is 0.681. The van der Waals surface area contributed by atoms with E-state index in [-0.39, 0.29) is 16.8 Å². The van der Waals surface area contributed by atoms with Crippen molar-refractivity contribution in [1.29, 1.82) is 0 Å². The lowest BCUT2D eigenvalue weighted by atomic mass is 10.0. The summed E-state index contributed by atoms with van der Waals surface area (Å²) in [5.41, 5.74) is 0. The maximum absolute atomic E-state index is 11.2. The Balaban J connectivity index is 2.62. The first-order chi connectivity index (χ1) is 6.65. The lowest BCUT2D eigenvalue weighted by molar-refractivity contribution is -0.139. The topological polar surface area (TPSA) is 43.4 Å². The second kappa shape index (κ2) is 5.15. The number of hydrogen-bond donors (Lipinski definition) is 0. The number of rotatable bonds is 3. The van der Waals surface area contributed by atoms with Crippen molar-refractivity contribution in [2.45, 2.75) is 39.0 Å². The average molecular weight is 217 g/mol. The van der Waals surface area contributed by atoms with Crippen molar-refractivity contribution in [3.63, 3.8) is 0 Å². The van der Waals surface area contributed by atoms with Crippen LogP contribution in [0.25, 0.3) is 0 Å². The van der Waals surface area contributed by atoms with E-state index in [1.54, 1.807) is 0 Å². The average Bonchev–Trinajstić information content (AvgIpc) is 2.13. The van der Waals surface area contributed by atoms with E-state index >= 15 is 0 Å². The molecule has 0 spiro atoms. The van der Waals surface area contributed by atoms with Crippen molar-refractivity contribution < 1.29 is 14.3 Å². The SMILES string of the molecule is CCCC(=O)OC1=C(Cl)C(=O)CCC1. The van der Waals surface area contributed by atoms with Crippen LogP contribution in [0, 0.1) is 0 Å². The van der Waals surface area contributed by atoms with Gasteiger partial charge < -0.3 is 4.74 Å². The van der Waals surface area contributed by atoms with Crippen LogP contribution in [0.5, 0.6) is 0 Å². The van der Waals surface area contributed by atoms with E-state index in [0.29, 0.717) is 31.4 Å². The van der Waals surface area contributed by atoms with Gasteiger partial charge in [0.15, 0.2) is 5.78 Å². The van der Waals surface area contributed by atoms with E-state index < -0.39 is 0 Å². The molecule has 4 heteroatoms. The minimum Gasteiger partial charge on any atom is -0.429 e. The van der Waals surface area contributed by atoms with E-state index in [1.807, 2.05) is 6.92 Å². The highest BCUT2D eigenvalue weighted by Gasteiger charge is 2.21. The molecular formula is C10H13ClO3. The van der Waals surface area contributed by atoms with Crippen LogP contribution in [0.3, 0.4) is 0 Å². The predicted octanol–water partition coefficient (Wildman–Crippen LogP) is 2.53. The van der Waals surface area contributed by atoms with E-state index in [4.69, 9.17) is 16.3 Å². The Labute approximate surface area is 88.1 Å². The zero-order valence-electron chi connectivity index (χ0n) is 8.14. The van der Waals surface area contributed by atoms with Gasteiger partial charge in [0.05, 0.1) is 0 Å². The molecule has 0 saturated heterocycles. The number of Topliss-reactive ketones (excluding diaryl/α,β-unsaturated/α-hetero) is 1. The fourth-order valence-electron chi connectivity index (χ4n) is 1.27. The van der Waals surface area contributed by atoms with Gasteiger partial charge in [-0.2, -0.15) is 0 Å². The zero-order chi connectivity index (χ0) is 10.6. The molecule has 0 N–H and O–H groups in total. The molecule has 1 aliphatic rings. The van der Waals surface area contributed by atoms with Gasteiger partial charge in [0.25, 0.3) is 0 Å². The summed E-state index contributed by atoms with van der Waals surface area (Å²) in [6, 6.07) is 0. The van der Waals surface area contributed by atoms with Gasteiger partial charge in [-0.25, -0.2) is 0 Å². The van der Waals surface area contributed by atoms with Crippen molar-refractivity contribution in [1.82, 2.24) is 0 Å². The summed E-state index contributed by atoms with van der Waals surface area (Å²) in [7, 11) is 0. The number of halogens is 1. The van der Waals surface area contributed by atoms with Crippen molar-refractivity contribution in [2.75, 3.05) is 0 Å². The van der Waals surface area contributed by atoms with E-state index in [9.17, 15) is 9.59 Å². The van der Waals surface area contributed by atoms with Gasteiger partial charge in [-0.1, -0.05) is 18.5 Å². The van der Waals surface area contributed by atoms with Gasteiger partial charge in [-0.05, 0) is 12.8 Å². The Hall–Kier alpha value is -0.830. The summed E-state index contributed by atoms with van der Waals surface area (Å²) in [4.78, 5) is 22.3. The summed E-state index contributed by atoms with van der Waals surface area (Å²) >= 11 is 5.73. The second-order valence-electron chi connectivity index (χ2n) is 3.24. The summed E-state index contributed by atoms with van der Waals surface area (Å²) in [5.74, 6) is -0.0890. The van der Waals surface area contributed by atoms with Crippen LogP contribution in [-0.4, -0.2) is 11.8 Å². The Morgan fingerprint density at radius 2 is 2.21 bits per heavy atom. The molecular weight excluding hydrogens is 204 g/mol. The molecule has 78 valence electrons. The fraction of sp³-hybridized carbons (Fsp3) is 0.600. The van der Waals surface area contributed by atoms with E-state index in [0.717, 1.165) is 6.42 Å². The molecule has 0 aliphatic heterocycles. The zero-order valence-corrected chi connectivity index (χ0v) is 8.89. The number of allylic oxidation sites excluding steroid dienone is 2. The van der Waals surface area contributed by atoms with Crippen LogP contribution in [-0.2, 0) is 14.3 Å². The maximum Gasteiger partial charge on any atom is 0.310 e. The van der Waals surface area contributed by atoms with E-state index in [1.165, 1.54) is 0 Å². The molecule has 0 heterocycles. The maximum atomic E-state index is 11.2. The molecule has 0 bridgehead atoms. The summed E-state index contributed by atoms with van der Waals surface area (Å²) in [5, 5.41) is 0.0979. The molecule has 14 heavy (non-hydrogen) atoms. The molecule has 1 aliphatic carbocycles. The Kier molecular flexibility index (Phi) is 4.14. The van der Waals surface area contributed by atoms with Crippen molar-refractivity contribution >= 4 is 23.4 Å². The van der Waals surface area contributed by atoms with Crippen LogP contribution >= 0.6 is 11.6 Å². The fourth-order valence-corrected chi connectivity index (χ4v) is 1.50. The minimum absolute atomic E-state index is 0.0979. The number of carbonyl (C=O) groups is 2. The number of ether oxygens (including phenoxy) is 1. The normalized spacial score (nSPS) is 17.1. The third-order valence-corrected chi connectivity index (χ3v) is 2.41. The third kappa shape index (κ3) is 2.84. The van der Waals surface area contributed by atoms with Crippen molar-refractivity contribution in [3.05, 3.63) is 10.8 Å². The lowest BCUT2D eigenvalue weighted by Gasteiger charge is -2.14. The molecule has 0 atom stereocenters. The molecule has 0 aromatic carbocycles. The van der Waals surface area contributed by atoms with Crippen molar-refractivity contribution in [2.24, 2.45) is 0 Å². The number of carbonyl (C=O) groups excluding carboxylic acids is 2. The highest BCUT2D eigenvalue weighted by Crippen LogP contribution is 2.25. The first-order valence-electron chi connectivity index (χ1n) is 4.77. The molecule has 0 unspecified atom stereocenters. The monoisotopic (exact) mass is 216 g/mol. The van der Waals surface area contributed by atoms with Gasteiger partial charge in [0.2, 0.25) is 0 Å². The number of ketones is 1.